The third-order valence-corrected chi connectivity index (χ3v) is 17.4. The summed E-state index contributed by atoms with van der Waals surface area (Å²) in [7, 11) is 0. The number of hydrogen-bond acceptors (Lipinski definition) is 36. The zero-order valence-corrected chi connectivity index (χ0v) is 47.0. The molecule has 0 radical (unpaired) electrons. The second-order valence-corrected chi connectivity index (χ2v) is 23.3. The third kappa shape index (κ3) is 14.7. The minimum atomic E-state index is -2.20. The van der Waals surface area contributed by atoms with Gasteiger partial charge in [-0.05, 0) is 6.92 Å². The molecular formula is C49H79N3O34S. The van der Waals surface area contributed by atoms with Crippen LogP contribution < -0.4 is 5.32 Å². The summed E-state index contributed by atoms with van der Waals surface area (Å²) in [6.07, 6.45) is -65.0. The number of carbonyl (C=O) groups is 1. The molecule has 21 fully saturated rings. The molecule has 14 bridgehead atoms. The summed E-state index contributed by atoms with van der Waals surface area (Å²) in [5.74, 6) is -0.388. The lowest BCUT2D eigenvalue weighted by Crippen LogP contribution is -2.68. The molecule has 22 heterocycles. The van der Waals surface area contributed by atoms with E-state index in [1.54, 1.807) is 0 Å². The molecule has 0 aromatic carbocycles. The predicted molar refractivity (Wildman–Crippen MR) is 273 cm³/mol. The maximum Gasteiger partial charge on any atom is 0.226 e. The highest BCUT2D eigenvalue weighted by atomic mass is 32.2. The number of aliphatic hydroxyl groups excluding tert-OH is 19. The van der Waals surface area contributed by atoms with Gasteiger partial charge in [-0.3, -0.25) is 4.79 Å². The molecule has 0 aliphatic carbocycles. The molecule has 35 atom stereocenters. The van der Waals surface area contributed by atoms with E-state index in [4.69, 9.17) is 66.3 Å². The third-order valence-electron chi connectivity index (χ3n) is 16.3. The molecule has 21 N–H and O–H groups in total. The van der Waals surface area contributed by atoms with E-state index in [9.17, 15) is 102 Å². The second kappa shape index (κ2) is 30.2. The van der Waals surface area contributed by atoms with Crippen LogP contribution in [-0.2, 0) is 77.5 Å². The maximum atomic E-state index is 12.6. The first kappa shape index (κ1) is 69.1. The number of aromatic nitrogens is 2. The number of hydrogen-bond donors (Lipinski definition) is 21. The number of imidazole rings is 1. The van der Waals surface area contributed by atoms with Crippen LogP contribution in [0.15, 0.2) is 12.5 Å². The molecule has 21 aliphatic heterocycles. The summed E-state index contributed by atoms with van der Waals surface area (Å²) in [5, 5.41) is 216. The Kier molecular flexibility index (Phi) is 24.0. The Bertz CT molecular complexity index is 2270. The van der Waals surface area contributed by atoms with Crippen LogP contribution in [0.3, 0.4) is 0 Å². The van der Waals surface area contributed by atoms with E-state index in [-0.39, 0.29) is 30.4 Å². The van der Waals surface area contributed by atoms with Gasteiger partial charge in [-0.25, -0.2) is 4.98 Å². The van der Waals surface area contributed by atoms with E-state index < -0.39 is 248 Å². The highest BCUT2D eigenvalue weighted by molar-refractivity contribution is 7.99. The molecule has 500 valence electrons. The molecule has 14 unspecified atom stereocenters. The molecule has 37 nitrogen and oxygen atoms in total. The van der Waals surface area contributed by atoms with Crippen molar-refractivity contribution in [3.05, 3.63) is 18.2 Å². The van der Waals surface area contributed by atoms with Crippen molar-refractivity contribution in [2.45, 2.75) is 228 Å². The van der Waals surface area contributed by atoms with Crippen molar-refractivity contribution in [2.75, 3.05) is 51.1 Å². The lowest BCUT2D eigenvalue weighted by molar-refractivity contribution is -0.395. The van der Waals surface area contributed by atoms with Crippen LogP contribution in [-0.4, -0.2) is 379 Å². The normalized spacial score (nSPS) is 50.3. The second-order valence-electron chi connectivity index (χ2n) is 22.1. The molecule has 1 aromatic heterocycles. The van der Waals surface area contributed by atoms with Gasteiger partial charge in [0.1, 0.15) is 159 Å². The lowest BCUT2D eigenvalue weighted by atomic mass is 9.95. The Labute approximate surface area is 497 Å². The Morgan fingerprint density at radius 3 is 0.989 bits per heavy atom. The van der Waals surface area contributed by atoms with Gasteiger partial charge >= 0.3 is 0 Å². The van der Waals surface area contributed by atoms with Crippen molar-refractivity contribution in [2.24, 2.45) is 0 Å². The fourth-order valence-corrected chi connectivity index (χ4v) is 12.4. The van der Waals surface area contributed by atoms with Crippen molar-refractivity contribution in [1.82, 2.24) is 15.3 Å². The molecule has 21 saturated heterocycles. The predicted octanol–water partition coefficient (Wildman–Crippen LogP) is -13.4. The van der Waals surface area contributed by atoms with Crippen molar-refractivity contribution in [1.29, 1.82) is 0 Å². The van der Waals surface area contributed by atoms with Crippen molar-refractivity contribution >= 4 is 17.7 Å². The van der Waals surface area contributed by atoms with Crippen LogP contribution in [0.4, 0.5) is 0 Å². The number of aliphatic hydroxyl groups is 19. The van der Waals surface area contributed by atoms with Gasteiger partial charge in [0, 0.05) is 29.9 Å². The van der Waals surface area contributed by atoms with E-state index >= 15 is 0 Å². The average molecular weight is 1290 g/mol. The van der Waals surface area contributed by atoms with Gasteiger partial charge in [0.15, 0.2) is 44.0 Å². The van der Waals surface area contributed by atoms with Crippen LogP contribution in [0.25, 0.3) is 0 Å². The number of nitrogens with one attached hydrogen (secondary N) is 2. The highest BCUT2D eigenvalue weighted by Crippen LogP contribution is 2.39. The number of H-pyrrole nitrogens is 1. The Morgan fingerprint density at radius 2 is 0.690 bits per heavy atom. The summed E-state index contributed by atoms with van der Waals surface area (Å²) >= 11 is 1.10. The van der Waals surface area contributed by atoms with Gasteiger partial charge < -0.3 is 174 Å². The van der Waals surface area contributed by atoms with Crippen LogP contribution in [0, 0.1) is 0 Å². The number of amides is 1. The van der Waals surface area contributed by atoms with E-state index in [0.717, 1.165) is 11.8 Å². The SMILES string of the molecule is CC1O[C@H]2O[C@@H]3C(CO)O[C@H](O[C@@H]4C(CO)O[C@H](O[C@@H]5C(CO)O[C@H](O[C@@H]6C(CSCCNC(=O)Cc7cnc[nH]7)O[C@H](O[C@@H]7C(CO)O[C@@H](O[C@@H]8C(CO)O[C@@H](O[C@H]1[C@H](O)C2O)C(O)[C@H]8O)C(O)[C@H]7O)C(O)[C@H]6O)C(O)[C@H]5O)C(O)[C@H]4O)C(O)[C@H]3O. The van der Waals surface area contributed by atoms with Crippen molar-refractivity contribution in [3.8, 4) is 0 Å². The smallest absolute Gasteiger partial charge is 0.226 e. The summed E-state index contributed by atoms with van der Waals surface area (Å²) < 4.78 is 81.7. The van der Waals surface area contributed by atoms with Crippen molar-refractivity contribution in [3.63, 3.8) is 0 Å². The molecular weight excluding hydrogens is 1210 g/mol. The summed E-state index contributed by atoms with van der Waals surface area (Å²) in [6, 6.07) is 0. The van der Waals surface area contributed by atoms with Gasteiger partial charge in [0.25, 0.3) is 0 Å². The molecule has 21 aliphatic rings. The van der Waals surface area contributed by atoms with Gasteiger partial charge in [-0.15, -0.1) is 0 Å². The zero-order chi connectivity index (χ0) is 62.9. The van der Waals surface area contributed by atoms with Gasteiger partial charge in [-0.1, -0.05) is 0 Å². The van der Waals surface area contributed by atoms with Gasteiger partial charge in [0.2, 0.25) is 5.91 Å². The molecule has 38 heteroatoms. The van der Waals surface area contributed by atoms with Gasteiger partial charge in [-0.2, -0.15) is 11.8 Å². The number of aromatic amines is 1. The number of rotatable bonds is 12. The number of ether oxygens (including phenoxy) is 14. The summed E-state index contributed by atoms with van der Waals surface area (Å²) in [4.78, 5) is 19.3. The van der Waals surface area contributed by atoms with E-state index in [2.05, 4.69) is 15.3 Å². The molecule has 87 heavy (non-hydrogen) atoms. The fraction of sp³-hybridized carbons (Fsp3) is 0.918. The minimum absolute atomic E-state index is 0.0264. The quantitative estimate of drug-likeness (QED) is 0.0864. The molecule has 1 amide bonds. The maximum absolute atomic E-state index is 12.6. The molecule has 0 saturated carbocycles. The first-order chi connectivity index (χ1) is 41.5. The lowest BCUT2D eigenvalue weighted by Gasteiger charge is -2.50. The van der Waals surface area contributed by atoms with Crippen LogP contribution >= 0.6 is 11.8 Å². The Balaban J connectivity index is 0.985. The topological polar surface area (TPSA) is 571 Å². The first-order valence-electron chi connectivity index (χ1n) is 28.1. The monoisotopic (exact) mass is 1290 g/mol. The zero-order valence-electron chi connectivity index (χ0n) is 46.2. The number of nitrogens with zero attached hydrogens (tertiary/aromatic N) is 1. The largest absolute Gasteiger partial charge is 0.394 e. The number of thioether (sulfide) groups is 1. The van der Waals surface area contributed by atoms with Crippen molar-refractivity contribution < 1.29 is 168 Å². The summed E-state index contributed by atoms with van der Waals surface area (Å²) in [6.45, 7) is -3.73. The van der Waals surface area contributed by atoms with Crippen LogP contribution in [0.2, 0.25) is 0 Å². The fourth-order valence-electron chi connectivity index (χ4n) is 11.5. The van der Waals surface area contributed by atoms with Crippen LogP contribution in [0.1, 0.15) is 12.6 Å². The molecule has 0 spiro atoms. The Morgan fingerprint density at radius 1 is 0.414 bits per heavy atom. The Hall–Kier alpha value is -2.29. The average Bonchev–Trinajstić information content (AvgIpc) is 1.37. The van der Waals surface area contributed by atoms with E-state index in [1.165, 1.54) is 19.4 Å². The first-order valence-corrected chi connectivity index (χ1v) is 29.2. The van der Waals surface area contributed by atoms with E-state index in [1.807, 2.05) is 0 Å². The van der Waals surface area contributed by atoms with Gasteiger partial charge in [0.05, 0.1) is 58.0 Å². The highest BCUT2D eigenvalue weighted by Gasteiger charge is 2.59. The summed E-state index contributed by atoms with van der Waals surface area (Å²) in [5.41, 5.74) is 0.536. The molecule has 1 aromatic rings. The molecule has 22 rings (SSSR count). The van der Waals surface area contributed by atoms with Crippen LogP contribution in [0.5, 0.6) is 0 Å². The number of carbonyl (C=O) groups excluding carboxylic acids is 1. The standard InChI is InChI=1S/C49H79N3O34S/c1-13-36-22(59)29(66)43(73-13)81-37-15(6-53)75-45(31(68)24(37)61)83-39-17(8-55)76-46(32(69)25(39)62)84-40-18(9-56)78-48(34(71)27(40)64)86-42-20(11-87-3-2-51-21(58)4-14-5-50-12-52-14)79-49(35(72)28(42)65)85-41-19(10-57)77-47(33(70)26(41)63)82-38-16(7-54)74-44(80-36)30(67)23(38)60/h5,12-13,15-20,22-49,53-57,59-72H,2-4,6-11H2,1H3,(H,50,52)(H,51,58)/t13?,15?,16?,17?,18?,19?,20?,22-,23-,24-,25-,26-,27-,28-,29?,30?,31?,32?,33?,34?,35?,36-,37-,38-,39-,40-,41-,42-,43+,44+,45-,46-,47+,48-,49-/m1/s1. The minimum Gasteiger partial charge on any atom is -0.394 e. The van der Waals surface area contributed by atoms with E-state index in [0.29, 0.717) is 5.69 Å².